The molecule has 26 heavy (non-hydrogen) atoms. The van der Waals surface area contributed by atoms with E-state index in [1.807, 2.05) is 20.2 Å². The van der Waals surface area contributed by atoms with Crippen molar-refractivity contribution < 1.29 is 8.42 Å². The van der Waals surface area contributed by atoms with Crippen molar-refractivity contribution in [2.45, 2.75) is 23.8 Å². The van der Waals surface area contributed by atoms with Crippen LogP contribution in [0, 0.1) is 0 Å². The second kappa shape index (κ2) is 8.20. The van der Waals surface area contributed by atoms with Crippen LogP contribution in [-0.4, -0.2) is 47.0 Å². The molecule has 1 fully saturated rings. The maximum Gasteiger partial charge on any atom is 0.240 e. The van der Waals surface area contributed by atoms with E-state index in [0.717, 1.165) is 37.2 Å². The van der Waals surface area contributed by atoms with Gasteiger partial charge in [-0.2, -0.15) is 0 Å². The number of nitrogens with zero attached hydrogens (tertiary/aromatic N) is 2. The third-order valence-electron chi connectivity index (χ3n) is 4.90. The summed E-state index contributed by atoms with van der Waals surface area (Å²) in [5, 5.41) is 0. The highest BCUT2D eigenvalue weighted by atomic mass is 32.2. The molecular formula is C20H27N3O2S. The predicted octanol–water partition coefficient (Wildman–Crippen LogP) is 2.87. The van der Waals surface area contributed by atoms with Gasteiger partial charge in [-0.3, -0.25) is 4.90 Å². The van der Waals surface area contributed by atoms with E-state index in [9.17, 15) is 8.42 Å². The Morgan fingerprint density at radius 3 is 2.19 bits per heavy atom. The first-order chi connectivity index (χ1) is 12.5. The van der Waals surface area contributed by atoms with Crippen molar-refractivity contribution in [3.05, 3.63) is 60.2 Å². The van der Waals surface area contributed by atoms with Gasteiger partial charge >= 0.3 is 0 Å². The average molecular weight is 374 g/mol. The lowest BCUT2D eigenvalue weighted by Gasteiger charge is -2.28. The van der Waals surface area contributed by atoms with E-state index in [4.69, 9.17) is 0 Å². The van der Waals surface area contributed by atoms with Gasteiger partial charge in [-0.25, -0.2) is 13.1 Å². The van der Waals surface area contributed by atoms with Crippen LogP contribution >= 0.6 is 0 Å². The summed E-state index contributed by atoms with van der Waals surface area (Å²) >= 11 is 0. The highest BCUT2D eigenvalue weighted by Crippen LogP contribution is 2.26. The number of likely N-dealkylation sites (tertiary alicyclic amines) is 1. The van der Waals surface area contributed by atoms with Gasteiger partial charge < -0.3 is 4.90 Å². The van der Waals surface area contributed by atoms with Crippen LogP contribution in [0.1, 0.15) is 24.4 Å². The molecule has 1 aliphatic rings. The molecule has 1 N–H and O–H groups in total. The van der Waals surface area contributed by atoms with Gasteiger partial charge in [0.2, 0.25) is 10.0 Å². The van der Waals surface area contributed by atoms with Crippen molar-refractivity contribution in [1.82, 2.24) is 9.62 Å². The van der Waals surface area contributed by atoms with E-state index < -0.39 is 10.0 Å². The van der Waals surface area contributed by atoms with Crippen molar-refractivity contribution >= 4 is 15.7 Å². The Morgan fingerprint density at radius 1 is 1.00 bits per heavy atom. The molecule has 1 atom stereocenters. The first kappa shape index (κ1) is 18.9. The van der Waals surface area contributed by atoms with Gasteiger partial charge in [0.05, 0.1) is 4.90 Å². The molecule has 0 aromatic heterocycles. The maximum absolute atomic E-state index is 12.6. The molecule has 0 spiro atoms. The standard InChI is InChI=1S/C20H27N3O2S/c1-22(2)18-12-10-17(11-13-18)20(23-14-6-7-15-23)16-21-26(24,25)19-8-4-3-5-9-19/h3-5,8-13,20-21H,6-7,14-16H2,1-2H3/t20-/m1/s1. The Morgan fingerprint density at radius 2 is 1.62 bits per heavy atom. The summed E-state index contributed by atoms with van der Waals surface area (Å²) < 4.78 is 28.0. The Labute approximate surface area is 156 Å². The van der Waals surface area contributed by atoms with E-state index in [-0.39, 0.29) is 6.04 Å². The molecule has 0 aliphatic carbocycles. The van der Waals surface area contributed by atoms with Crippen LogP contribution in [0.2, 0.25) is 0 Å². The fourth-order valence-corrected chi connectivity index (χ4v) is 4.44. The van der Waals surface area contributed by atoms with Crippen LogP contribution < -0.4 is 9.62 Å². The third-order valence-corrected chi connectivity index (χ3v) is 6.34. The van der Waals surface area contributed by atoms with E-state index in [2.05, 4.69) is 38.8 Å². The maximum atomic E-state index is 12.6. The molecule has 2 aromatic rings. The highest BCUT2D eigenvalue weighted by molar-refractivity contribution is 7.89. The molecule has 0 radical (unpaired) electrons. The van der Waals surface area contributed by atoms with Crippen molar-refractivity contribution in [2.75, 3.05) is 38.6 Å². The lowest BCUT2D eigenvalue weighted by Crippen LogP contribution is -2.36. The van der Waals surface area contributed by atoms with E-state index in [1.54, 1.807) is 24.3 Å². The number of nitrogens with one attached hydrogen (secondary N) is 1. The van der Waals surface area contributed by atoms with Gasteiger partial charge in [-0.05, 0) is 55.8 Å². The van der Waals surface area contributed by atoms with Crippen molar-refractivity contribution in [3.8, 4) is 0 Å². The summed E-state index contributed by atoms with van der Waals surface area (Å²) in [6.07, 6.45) is 2.33. The predicted molar refractivity (Wildman–Crippen MR) is 106 cm³/mol. The number of sulfonamides is 1. The van der Waals surface area contributed by atoms with Crippen LogP contribution in [0.25, 0.3) is 0 Å². The first-order valence-electron chi connectivity index (χ1n) is 9.03. The zero-order valence-corrected chi connectivity index (χ0v) is 16.2. The molecular weight excluding hydrogens is 346 g/mol. The van der Waals surface area contributed by atoms with Gasteiger partial charge in [-0.1, -0.05) is 30.3 Å². The molecule has 3 rings (SSSR count). The summed E-state index contributed by atoms with van der Waals surface area (Å²) in [5.41, 5.74) is 2.28. The fraction of sp³-hybridized carbons (Fsp3) is 0.400. The quantitative estimate of drug-likeness (QED) is 0.811. The van der Waals surface area contributed by atoms with Crippen LogP contribution in [0.3, 0.4) is 0 Å². The summed E-state index contributed by atoms with van der Waals surface area (Å²) in [5.74, 6) is 0. The van der Waals surface area contributed by atoms with E-state index >= 15 is 0 Å². The molecule has 0 saturated carbocycles. The van der Waals surface area contributed by atoms with Gasteiger partial charge in [0.15, 0.2) is 0 Å². The SMILES string of the molecule is CN(C)c1ccc([C@@H](CNS(=O)(=O)c2ccccc2)N2CCCC2)cc1. The van der Waals surface area contributed by atoms with Crippen molar-refractivity contribution in [3.63, 3.8) is 0 Å². The summed E-state index contributed by atoms with van der Waals surface area (Å²) in [7, 11) is 0.530. The number of anilines is 1. The molecule has 0 amide bonds. The number of hydrogen-bond donors (Lipinski definition) is 1. The highest BCUT2D eigenvalue weighted by Gasteiger charge is 2.25. The minimum Gasteiger partial charge on any atom is -0.378 e. The summed E-state index contributed by atoms with van der Waals surface area (Å²) in [6.45, 7) is 2.39. The van der Waals surface area contributed by atoms with Gasteiger partial charge in [0.1, 0.15) is 0 Å². The Balaban J connectivity index is 1.78. The molecule has 1 saturated heterocycles. The van der Waals surface area contributed by atoms with Crippen LogP contribution in [0.4, 0.5) is 5.69 Å². The van der Waals surface area contributed by atoms with E-state index in [1.165, 1.54) is 0 Å². The lowest BCUT2D eigenvalue weighted by molar-refractivity contribution is 0.246. The third kappa shape index (κ3) is 4.44. The zero-order chi connectivity index (χ0) is 18.6. The molecule has 1 heterocycles. The van der Waals surface area contributed by atoms with Crippen LogP contribution in [0.5, 0.6) is 0 Å². The monoisotopic (exact) mass is 373 g/mol. The van der Waals surface area contributed by atoms with E-state index in [0.29, 0.717) is 11.4 Å². The normalized spacial score (nSPS) is 16.5. The molecule has 2 aromatic carbocycles. The minimum absolute atomic E-state index is 0.0483. The number of benzene rings is 2. The molecule has 0 bridgehead atoms. The molecule has 1 aliphatic heterocycles. The van der Waals surface area contributed by atoms with Gasteiger partial charge in [-0.15, -0.1) is 0 Å². The van der Waals surface area contributed by atoms with Crippen molar-refractivity contribution in [1.29, 1.82) is 0 Å². The first-order valence-corrected chi connectivity index (χ1v) is 10.5. The average Bonchev–Trinajstić information content (AvgIpc) is 3.17. The largest absolute Gasteiger partial charge is 0.378 e. The summed E-state index contributed by atoms with van der Waals surface area (Å²) in [4.78, 5) is 4.74. The Hall–Kier alpha value is -1.89. The van der Waals surface area contributed by atoms with Crippen LogP contribution in [-0.2, 0) is 10.0 Å². The molecule has 5 nitrogen and oxygen atoms in total. The smallest absolute Gasteiger partial charge is 0.240 e. The lowest BCUT2D eigenvalue weighted by atomic mass is 10.1. The molecule has 140 valence electrons. The van der Waals surface area contributed by atoms with Crippen LogP contribution in [0.15, 0.2) is 59.5 Å². The Kier molecular flexibility index (Phi) is 5.96. The minimum atomic E-state index is -3.50. The summed E-state index contributed by atoms with van der Waals surface area (Å²) in [6, 6.07) is 17.0. The van der Waals surface area contributed by atoms with Crippen molar-refractivity contribution in [2.24, 2.45) is 0 Å². The van der Waals surface area contributed by atoms with Gasteiger partial charge in [0.25, 0.3) is 0 Å². The topological polar surface area (TPSA) is 52.7 Å². The molecule has 0 unspecified atom stereocenters. The fourth-order valence-electron chi connectivity index (χ4n) is 3.38. The molecule has 6 heteroatoms. The Bertz CT molecular complexity index is 799. The zero-order valence-electron chi connectivity index (χ0n) is 15.4. The second-order valence-electron chi connectivity index (χ2n) is 6.91. The second-order valence-corrected chi connectivity index (χ2v) is 8.68. The number of hydrogen-bond acceptors (Lipinski definition) is 4. The number of rotatable bonds is 7. The van der Waals surface area contributed by atoms with Gasteiger partial charge in [0, 0.05) is 32.4 Å².